The summed E-state index contributed by atoms with van der Waals surface area (Å²) in [5.74, 6) is 1.87. The van der Waals surface area contributed by atoms with E-state index in [1.54, 1.807) is 48.9 Å². The van der Waals surface area contributed by atoms with E-state index in [2.05, 4.69) is 15.2 Å². The molecule has 5 aromatic rings. The fourth-order valence-corrected chi connectivity index (χ4v) is 5.86. The third kappa shape index (κ3) is 3.62. The van der Waals surface area contributed by atoms with Gasteiger partial charge < -0.3 is 4.42 Å². The summed E-state index contributed by atoms with van der Waals surface area (Å²) in [4.78, 5) is 9.49. The maximum Gasteiger partial charge on any atom is 0.268 e. The Morgan fingerprint density at radius 1 is 0.944 bits per heavy atom. The average Bonchev–Trinajstić information content (AvgIpc) is 3.83. The normalized spacial score (nSPS) is 16.0. The van der Waals surface area contributed by atoms with Gasteiger partial charge in [-0.25, -0.2) is 17.4 Å². The highest BCUT2D eigenvalue weighted by Crippen LogP contribution is 2.42. The van der Waals surface area contributed by atoms with Crippen molar-refractivity contribution in [3.05, 3.63) is 78.2 Å². The minimum Gasteiger partial charge on any atom is -0.420 e. The molecular formula is C27H23N5O3S. The van der Waals surface area contributed by atoms with Crippen LogP contribution in [-0.4, -0.2) is 32.6 Å². The van der Waals surface area contributed by atoms with Gasteiger partial charge in [0, 0.05) is 40.7 Å². The van der Waals surface area contributed by atoms with Crippen molar-refractivity contribution in [1.29, 1.82) is 0 Å². The molecule has 36 heavy (non-hydrogen) atoms. The second-order valence-electron chi connectivity index (χ2n) is 9.71. The van der Waals surface area contributed by atoms with Crippen molar-refractivity contribution >= 4 is 20.9 Å². The smallest absolute Gasteiger partial charge is 0.268 e. The van der Waals surface area contributed by atoms with Crippen molar-refractivity contribution in [1.82, 2.24) is 24.1 Å². The first-order chi connectivity index (χ1) is 17.5. The van der Waals surface area contributed by atoms with Gasteiger partial charge in [-0.1, -0.05) is 17.7 Å². The van der Waals surface area contributed by atoms with Crippen molar-refractivity contribution in [3.8, 4) is 22.7 Å². The Bertz CT molecular complexity index is 1730. The molecule has 7 rings (SSSR count). The molecule has 2 saturated carbocycles. The van der Waals surface area contributed by atoms with Crippen LogP contribution in [0.25, 0.3) is 33.6 Å². The van der Waals surface area contributed by atoms with Crippen molar-refractivity contribution in [2.24, 2.45) is 0 Å². The van der Waals surface area contributed by atoms with Crippen molar-refractivity contribution < 1.29 is 12.8 Å². The van der Waals surface area contributed by atoms with Crippen LogP contribution in [0.2, 0.25) is 0 Å². The van der Waals surface area contributed by atoms with Gasteiger partial charge >= 0.3 is 0 Å². The predicted molar refractivity (Wildman–Crippen MR) is 134 cm³/mol. The topological polar surface area (TPSA) is 104 Å². The number of aromatic nitrogens is 5. The maximum atomic E-state index is 13.7. The van der Waals surface area contributed by atoms with Crippen molar-refractivity contribution in [3.63, 3.8) is 0 Å². The Balaban J connectivity index is 1.42. The molecular weight excluding hydrogens is 474 g/mol. The molecule has 2 fully saturated rings. The first-order valence-corrected chi connectivity index (χ1v) is 13.5. The zero-order valence-electron chi connectivity index (χ0n) is 19.6. The van der Waals surface area contributed by atoms with E-state index in [9.17, 15) is 8.42 Å². The third-order valence-corrected chi connectivity index (χ3v) is 8.58. The lowest BCUT2D eigenvalue weighted by Crippen LogP contribution is -2.11. The fraction of sp³-hybridized carbons (Fsp3) is 0.259. The van der Waals surface area contributed by atoms with Gasteiger partial charge in [-0.2, -0.15) is 0 Å². The van der Waals surface area contributed by atoms with Crippen molar-refractivity contribution in [2.45, 2.75) is 49.3 Å². The molecule has 0 atom stereocenters. The lowest BCUT2D eigenvalue weighted by atomic mass is 10.1. The minimum atomic E-state index is -3.84. The van der Waals surface area contributed by atoms with Gasteiger partial charge in [-0.05, 0) is 62.9 Å². The molecule has 180 valence electrons. The van der Waals surface area contributed by atoms with Crippen LogP contribution >= 0.6 is 0 Å². The lowest BCUT2D eigenvalue weighted by molar-refractivity contribution is 0.508. The number of rotatable bonds is 6. The molecule has 0 unspecified atom stereocenters. The van der Waals surface area contributed by atoms with Crippen LogP contribution in [0.5, 0.6) is 0 Å². The summed E-state index contributed by atoms with van der Waals surface area (Å²) in [7, 11) is -3.84. The van der Waals surface area contributed by atoms with Crippen LogP contribution < -0.4 is 0 Å². The summed E-state index contributed by atoms with van der Waals surface area (Å²) in [6.45, 7) is 1.93. The van der Waals surface area contributed by atoms with Crippen LogP contribution in [0.3, 0.4) is 0 Å². The van der Waals surface area contributed by atoms with Crippen LogP contribution in [0.1, 0.15) is 54.7 Å². The van der Waals surface area contributed by atoms with Crippen molar-refractivity contribution in [2.75, 3.05) is 0 Å². The average molecular weight is 498 g/mol. The van der Waals surface area contributed by atoms with E-state index in [1.165, 1.54) is 3.97 Å². The standard InChI is InChI=1S/C27H23N5O3S/c1-16-2-9-20(10-3-16)36(33,34)32-15-22(24-14-28-13-23(29-24)17-4-5-17)21-12-19(8-11-25(21)32)27-31-30-26(35-27)18-6-7-18/h2-3,8-15,17-18H,4-7H2,1H3. The molecule has 0 aliphatic heterocycles. The molecule has 0 spiro atoms. The number of benzene rings is 2. The van der Waals surface area contributed by atoms with Gasteiger partial charge in [0.2, 0.25) is 11.8 Å². The zero-order valence-corrected chi connectivity index (χ0v) is 20.4. The number of hydrogen-bond donors (Lipinski definition) is 0. The largest absolute Gasteiger partial charge is 0.420 e. The molecule has 2 aliphatic rings. The van der Waals surface area contributed by atoms with E-state index in [-0.39, 0.29) is 4.90 Å². The first kappa shape index (κ1) is 21.4. The number of aryl methyl sites for hydroxylation is 1. The Morgan fingerprint density at radius 2 is 1.72 bits per heavy atom. The molecule has 2 aliphatic carbocycles. The molecule has 0 amide bonds. The molecule has 0 N–H and O–H groups in total. The van der Waals surface area contributed by atoms with Gasteiger partial charge in [0.05, 0.1) is 28.0 Å². The highest BCUT2D eigenvalue weighted by molar-refractivity contribution is 7.90. The predicted octanol–water partition coefficient (Wildman–Crippen LogP) is 5.45. The van der Waals surface area contributed by atoms with Crippen LogP contribution in [-0.2, 0) is 10.0 Å². The maximum absolute atomic E-state index is 13.7. The number of hydrogen-bond acceptors (Lipinski definition) is 7. The summed E-state index contributed by atoms with van der Waals surface area (Å²) in [6, 6.07) is 12.4. The number of nitrogens with zero attached hydrogens (tertiary/aromatic N) is 5. The number of fused-ring (bicyclic) bond motifs is 1. The summed E-state index contributed by atoms with van der Waals surface area (Å²) in [5.41, 5.74) is 4.56. The SMILES string of the molecule is Cc1ccc(S(=O)(=O)n2cc(-c3cncc(C4CC4)n3)c3cc(-c4nnc(C5CC5)o4)ccc32)cc1. The second-order valence-corrected chi connectivity index (χ2v) is 11.5. The summed E-state index contributed by atoms with van der Waals surface area (Å²) in [6.07, 6.45) is 9.48. The minimum absolute atomic E-state index is 0.226. The van der Waals surface area contributed by atoms with Gasteiger partial charge in [0.1, 0.15) is 0 Å². The van der Waals surface area contributed by atoms with E-state index in [0.29, 0.717) is 40.4 Å². The lowest BCUT2D eigenvalue weighted by Gasteiger charge is -2.08. The van der Waals surface area contributed by atoms with Gasteiger partial charge in [-0.3, -0.25) is 4.98 Å². The fourth-order valence-electron chi connectivity index (χ4n) is 4.49. The monoisotopic (exact) mass is 497 g/mol. The Morgan fingerprint density at radius 3 is 2.47 bits per heavy atom. The molecule has 0 saturated heterocycles. The quantitative estimate of drug-likeness (QED) is 0.307. The molecule has 0 bridgehead atoms. The van der Waals surface area contributed by atoms with E-state index in [1.807, 2.05) is 19.1 Å². The van der Waals surface area contributed by atoms with E-state index >= 15 is 0 Å². The zero-order chi connectivity index (χ0) is 24.4. The highest BCUT2D eigenvalue weighted by Gasteiger charge is 2.30. The molecule has 2 aromatic carbocycles. The van der Waals surface area contributed by atoms with Gasteiger partial charge in [-0.15, -0.1) is 10.2 Å². The summed E-state index contributed by atoms with van der Waals surface area (Å²) >= 11 is 0. The Kier molecular flexibility index (Phi) is 4.66. The highest BCUT2D eigenvalue weighted by atomic mass is 32.2. The molecule has 0 radical (unpaired) electrons. The van der Waals surface area contributed by atoms with Gasteiger partial charge in [0.15, 0.2) is 0 Å². The Labute approximate surface area is 208 Å². The van der Waals surface area contributed by atoms with Crippen LogP contribution in [0.4, 0.5) is 0 Å². The summed E-state index contributed by atoms with van der Waals surface area (Å²) in [5, 5.41) is 9.18. The van der Waals surface area contributed by atoms with Gasteiger partial charge in [0.25, 0.3) is 10.0 Å². The van der Waals surface area contributed by atoms with E-state index < -0.39 is 10.0 Å². The first-order valence-electron chi connectivity index (χ1n) is 12.1. The van der Waals surface area contributed by atoms with E-state index in [0.717, 1.165) is 47.9 Å². The second kappa shape index (κ2) is 7.83. The summed E-state index contributed by atoms with van der Waals surface area (Å²) < 4.78 is 34.7. The molecule has 9 heteroatoms. The molecule has 8 nitrogen and oxygen atoms in total. The van der Waals surface area contributed by atoms with Crippen LogP contribution in [0.15, 0.2) is 70.4 Å². The molecule has 3 heterocycles. The third-order valence-electron chi connectivity index (χ3n) is 6.89. The Hall–Kier alpha value is -3.85. The van der Waals surface area contributed by atoms with Crippen LogP contribution in [0, 0.1) is 6.92 Å². The van der Waals surface area contributed by atoms with E-state index in [4.69, 9.17) is 9.40 Å². The molecule has 3 aromatic heterocycles.